The monoisotopic (exact) mass is 322 g/mol. The quantitative estimate of drug-likeness (QED) is 0.848. The number of anilines is 1. The van der Waals surface area contributed by atoms with Crippen LogP contribution in [0.4, 0.5) is 5.13 Å². The molecular formula is C14H18N4OS2. The van der Waals surface area contributed by atoms with Crippen LogP contribution in [-0.2, 0) is 0 Å². The normalized spacial score (nSPS) is 16.7. The highest BCUT2D eigenvalue weighted by Crippen LogP contribution is 2.18. The summed E-state index contributed by atoms with van der Waals surface area (Å²) in [6, 6.07) is 0. The molecule has 0 aliphatic carbocycles. The topological polar surface area (TPSA) is 61.0 Å². The maximum atomic E-state index is 11.6. The second-order valence-electron chi connectivity index (χ2n) is 5.03. The third-order valence-electron chi connectivity index (χ3n) is 3.41. The number of aromatic amines is 1. The lowest BCUT2D eigenvalue weighted by atomic mass is 10.4. The number of aromatic nitrogens is 2. The van der Waals surface area contributed by atoms with E-state index in [1.807, 2.05) is 6.08 Å². The van der Waals surface area contributed by atoms with Crippen molar-refractivity contribution in [3.63, 3.8) is 0 Å². The second kappa shape index (κ2) is 6.55. The first kappa shape index (κ1) is 14.5. The van der Waals surface area contributed by atoms with Crippen LogP contribution in [-0.4, -0.2) is 41.0 Å². The summed E-state index contributed by atoms with van der Waals surface area (Å²) in [7, 11) is 0. The van der Waals surface area contributed by atoms with Crippen LogP contribution in [0.5, 0.6) is 0 Å². The van der Waals surface area contributed by atoms with Gasteiger partial charge in [-0.3, -0.25) is 4.79 Å². The van der Waals surface area contributed by atoms with Gasteiger partial charge in [0, 0.05) is 19.3 Å². The lowest BCUT2D eigenvalue weighted by molar-refractivity contribution is 0.352. The lowest BCUT2D eigenvalue weighted by Crippen LogP contribution is -2.25. The summed E-state index contributed by atoms with van der Waals surface area (Å²) >= 11 is 2.94. The minimum Gasteiger partial charge on any atom is -0.360 e. The zero-order chi connectivity index (χ0) is 14.7. The van der Waals surface area contributed by atoms with Crippen molar-refractivity contribution in [3.8, 4) is 0 Å². The number of nitrogens with one attached hydrogen (secondary N) is 2. The molecule has 3 rings (SSSR count). The van der Waals surface area contributed by atoms with E-state index < -0.39 is 0 Å². The van der Waals surface area contributed by atoms with Crippen LogP contribution in [0, 0.1) is 0 Å². The molecule has 5 nitrogen and oxygen atoms in total. The third-order valence-corrected chi connectivity index (χ3v) is 5.18. The maximum Gasteiger partial charge on any atom is 0.266 e. The van der Waals surface area contributed by atoms with E-state index in [2.05, 4.69) is 26.8 Å². The van der Waals surface area contributed by atoms with Crippen LogP contribution >= 0.6 is 22.7 Å². The van der Waals surface area contributed by atoms with Gasteiger partial charge in [0.25, 0.3) is 5.56 Å². The number of hydrogen-bond donors (Lipinski definition) is 2. The summed E-state index contributed by atoms with van der Waals surface area (Å²) in [6.07, 6.45) is 6.30. The minimum absolute atomic E-state index is 0.0815. The van der Waals surface area contributed by atoms with Crippen molar-refractivity contribution in [3.05, 3.63) is 30.6 Å². The number of likely N-dealkylation sites (tertiary alicyclic amines) is 1. The second-order valence-corrected chi connectivity index (χ2v) is 7.23. The first-order valence-electron chi connectivity index (χ1n) is 7.02. The highest BCUT2D eigenvalue weighted by atomic mass is 32.1. The number of hydrogen-bond acceptors (Lipinski definition) is 6. The van der Waals surface area contributed by atoms with Crippen molar-refractivity contribution in [1.82, 2.24) is 14.9 Å². The lowest BCUT2D eigenvalue weighted by Gasteiger charge is -2.13. The number of rotatable bonds is 5. The van der Waals surface area contributed by atoms with Gasteiger partial charge < -0.3 is 15.2 Å². The molecule has 0 saturated carbocycles. The van der Waals surface area contributed by atoms with Crippen LogP contribution in [0.1, 0.15) is 17.7 Å². The van der Waals surface area contributed by atoms with Crippen molar-refractivity contribution in [2.75, 3.05) is 31.5 Å². The van der Waals surface area contributed by atoms with Crippen LogP contribution in [0.3, 0.4) is 0 Å². The molecule has 1 saturated heterocycles. The molecule has 3 heterocycles. The summed E-state index contributed by atoms with van der Waals surface area (Å²) in [5.41, 5.74) is -0.0815. The fraction of sp³-hybridized carbons (Fsp3) is 0.429. The Morgan fingerprint density at radius 1 is 1.43 bits per heavy atom. The molecule has 2 N–H and O–H groups in total. The molecular weight excluding hydrogens is 304 g/mol. The van der Waals surface area contributed by atoms with Gasteiger partial charge in [-0.2, -0.15) is 0 Å². The van der Waals surface area contributed by atoms with Crippen LogP contribution in [0.2, 0.25) is 0 Å². The summed E-state index contributed by atoms with van der Waals surface area (Å²) in [5, 5.41) is 4.25. The Morgan fingerprint density at radius 2 is 2.24 bits per heavy atom. The average Bonchev–Trinajstić information content (AvgIpc) is 3.15. The van der Waals surface area contributed by atoms with Gasteiger partial charge >= 0.3 is 0 Å². The largest absolute Gasteiger partial charge is 0.360 e. The van der Waals surface area contributed by atoms with Crippen molar-refractivity contribution in [2.45, 2.75) is 12.8 Å². The molecule has 0 amide bonds. The minimum atomic E-state index is -0.0815. The molecule has 0 radical (unpaired) electrons. The van der Waals surface area contributed by atoms with E-state index in [9.17, 15) is 4.79 Å². The fourth-order valence-corrected chi connectivity index (χ4v) is 3.98. The molecule has 1 fully saturated rings. The Labute approximate surface area is 130 Å². The van der Waals surface area contributed by atoms with E-state index in [0.29, 0.717) is 9.20 Å². The van der Waals surface area contributed by atoms with E-state index >= 15 is 0 Å². The molecule has 1 aliphatic heterocycles. The van der Waals surface area contributed by atoms with E-state index in [1.54, 1.807) is 17.5 Å². The molecule has 0 aromatic carbocycles. The smallest absolute Gasteiger partial charge is 0.266 e. The van der Waals surface area contributed by atoms with Crippen LogP contribution < -0.4 is 20.1 Å². The maximum absolute atomic E-state index is 11.6. The number of H-pyrrole nitrogens is 1. The Morgan fingerprint density at radius 3 is 2.95 bits per heavy atom. The van der Waals surface area contributed by atoms with E-state index in [0.717, 1.165) is 23.1 Å². The Balaban J connectivity index is 1.61. The van der Waals surface area contributed by atoms with Crippen LogP contribution in [0.15, 0.2) is 11.0 Å². The van der Waals surface area contributed by atoms with Gasteiger partial charge in [0.05, 0.1) is 14.1 Å². The zero-order valence-electron chi connectivity index (χ0n) is 11.7. The summed E-state index contributed by atoms with van der Waals surface area (Å²) in [4.78, 5) is 22.1. The Kier molecular flexibility index (Phi) is 4.52. The van der Waals surface area contributed by atoms with E-state index in [4.69, 9.17) is 0 Å². The SMILES string of the molecule is C=c1[nH]c(=O)/c(=C/c2cnc(NCCN3CCCC3)s2)s1. The van der Waals surface area contributed by atoms with Crippen LogP contribution in [0.25, 0.3) is 12.7 Å². The van der Waals surface area contributed by atoms with E-state index in [-0.39, 0.29) is 5.56 Å². The van der Waals surface area contributed by atoms with Gasteiger partial charge in [0.15, 0.2) is 5.13 Å². The highest BCUT2D eigenvalue weighted by molar-refractivity contribution is 7.16. The van der Waals surface area contributed by atoms with Crippen molar-refractivity contribution in [1.29, 1.82) is 0 Å². The number of thiazole rings is 2. The third kappa shape index (κ3) is 3.81. The molecule has 2 aromatic rings. The molecule has 0 atom stereocenters. The predicted octanol–water partition coefficient (Wildman–Crippen LogP) is 0.640. The van der Waals surface area contributed by atoms with Gasteiger partial charge in [-0.1, -0.05) is 17.9 Å². The summed E-state index contributed by atoms with van der Waals surface area (Å²) < 4.78 is 1.35. The molecule has 112 valence electrons. The Bertz CT molecular complexity index is 755. The van der Waals surface area contributed by atoms with Gasteiger partial charge in [-0.15, -0.1) is 11.3 Å². The zero-order valence-corrected chi connectivity index (χ0v) is 13.4. The molecule has 0 spiro atoms. The summed E-state index contributed by atoms with van der Waals surface area (Å²) in [5.74, 6) is 0. The fourth-order valence-electron chi connectivity index (χ4n) is 2.38. The molecule has 1 aliphatic rings. The molecule has 2 aromatic heterocycles. The number of nitrogens with zero attached hydrogens (tertiary/aromatic N) is 2. The molecule has 0 bridgehead atoms. The standard InChI is InChI=1S/C14H18N4OS2/c1-10-17-13(19)12(20-10)8-11-9-16-14(21-11)15-4-7-18-5-2-3-6-18/h8-9H,1-7H2,(H,15,16)(H,17,19)/b12-8-. The van der Waals surface area contributed by atoms with Crippen molar-refractivity contribution < 1.29 is 0 Å². The van der Waals surface area contributed by atoms with Gasteiger partial charge in [0.1, 0.15) is 0 Å². The predicted molar refractivity (Wildman–Crippen MR) is 89.6 cm³/mol. The van der Waals surface area contributed by atoms with E-state index in [1.165, 1.54) is 37.3 Å². The molecule has 21 heavy (non-hydrogen) atoms. The summed E-state index contributed by atoms with van der Waals surface area (Å²) in [6.45, 7) is 8.15. The van der Waals surface area contributed by atoms with Crippen molar-refractivity contribution >= 4 is 40.5 Å². The van der Waals surface area contributed by atoms with Crippen molar-refractivity contribution in [2.24, 2.45) is 0 Å². The first-order chi connectivity index (χ1) is 10.2. The van der Waals surface area contributed by atoms with Gasteiger partial charge in [-0.25, -0.2) is 4.98 Å². The molecule has 0 unspecified atom stereocenters. The molecule has 7 heteroatoms. The highest BCUT2D eigenvalue weighted by Gasteiger charge is 2.10. The van der Waals surface area contributed by atoms with Gasteiger partial charge in [-0.05, 0) is 32.0 Å². The van der Waals surface area contributed by atoms with Gasteiger partial charge in [0.2, 0.25) is 0 Å². The average molecular weight is 322 g/mol. The first-order valence-corrected chi connectivity index (χ1v) is 8.66. The Hall–Kier alpha value is -1.44.